The molecule has 0 aliphatic heterocycles. The molecule has 2 atom stereocenters. The topological polar surface area (TPSA) is 57.5 Å². The number of allylic oxidation sites excluding steroid dienone is 1. The van der Waals surface area contributed by atoms with Gasteiger partial charge in [-0.15, -0.1) is 0 Å². The van der Waals surface area contributed by atoms with Crippen LogP contribution in [0.3, 0.4) is 0 Å². The second-order valence-electron chi connectivity index (χ2n) is 4.48. The molecule has 1 aromatic rings. The van der Waals surface area contributed by atoms with Crippen LogP contribution in [-0.4, -0.2) is 21.6 Å². The zero-order valence-electron chi connectivity index (χ0n) is 9.80. The van der Waals surface area contributed by atoms with Crippen LogP contribution in [0.15, 0.2) is 48.1 Å². The van der Waals surface area contributed by atoms with Gasteiger partial charge in [0.2, 0.25) is 0 Å². The second kappa shape index (κ2) is 4.48. The molecule has 0 saturated carbocycles. The number of carbonyl (C=O) groups excluding carboxylic acids is 1. The summed E-state index contributed by atoms with van der Waals surface area (Å²) in [6, 6.07) is 5.23. The van der Waals surface area contributed by atoms with Crippen LogP contribution in [0.2, 0.25) is 0 Å². The van der Waals surface area contributed by atoms with Crippen LogP contribution in [0.5, 0.6) is 0 Å². The summed E-state index contributed by atoms with van der Waals surface area (Å²) in [5, 5.41) is 19.9. The standard InChI is InChI=1S/C14H13FO3/c1-14(18)7-6-12(16)11(8-14)13(17)9-2-4-10(15)5-3-9/h2-8,13,17-18H,1H3/t13-,14+/m1/s1. The quantitative estimate of drug-likeness (QED) is 0.837. The lowest BCUT2D eigenvalue weighted by molar-refractivity contribution is -0.112. The lowest BCUT2D eigenvalue weighted by atomic mass is 9.88. The molecule has 0 saturated heterocycles. The molecule has 0 bridgehead atoms. The number of rotatable bonds is 2. The highest BCUT2D eigenvalue weighted by Gasteiger charge is 2.27. The molecule has 0 amide bonds. The summed E-state index contributed by atoms with van der Waals surface area (Å²) in [4.78, 5) is 11.7. The highest BCUT2D eigenvalue weighted by Crippen LogP contribution is 2.28. The van der Waals surface area contributed by atoms with E-state index in [1.807, 2.05) is 0 Å². The summed E-state index contributed by atoms with van der Waals surface area (Å²) in [7, 11) is 0. The van der Waals surface area contributed by atoms with Gasteiger partial charge in [0.25, 0.3) is 0 Å². The van der Waals surface area contributed by atoms with Gasteiger partial charge >= 0.3 is 0 Å². The van der Waals surface area contributed by atoms with E-state index >= 15 is 0 Å². The summed E-state index contributed by atoms with van der Waals surface area (Å²) in [5.41, 5.74) is -0.763. The summed E-state index contributed by atoms with van der Waals surface area (Å²) < 4.78 is 12.8. The van der Waals surface area contributed by atoms with Crippen LogP contribution in [-0.2, 0) is 4.79 Å². The van der Waals surface area contributed by atoms with Gasteiger partial charge in [-0.1, -0.05) is 12.1 Å². The molecule has 18 heavy (non-hydrogen) atoms. The van der Waals surface area contributed by atoms with Crippen molar-refractivity contribution in [2.45, 2.75) is 18.6 Å². The van der Waals surface area contributed by atoms with Gasteiger partial charge < -0.3 is 10.2 Å². The smallest absolute Gasteiger partial charge is 0.184 e. The number of ketones is 1. The number of hydrogen-bond acceptors (Lipinski definition) is 3. The highest BCUT2D eigenvalue weighted by molar-refractivity contribution is 6.06. The van der Waals surface area contributed by atoms with Crippen molar-refractivity contribution in [1.29, 1.82) is 0 Å². The zero-order chi connectivity index (χ0) is 13.3. The van der Waals surface area contributed by atoms with Crippen molar-refractivity contribution < 1.29 is 19.4 Å². The van der Waals surface area contributed by atoms with Gasteiger partial charge in [-0.2, -0.15) is 0 Å². The molecular weight excluding hydrogens is 235 g/mol. The Balaban J connectivity index is 2.33. The van der Waals surface area contributed by atoms with Gasteiger partial charge in [-0.25, -0.2) is 4.39 Å². The third-order valence-electron chi connectivity index (χ3n) is 2.78. The van der Waals surface area contributed by atoms with Crippen molar-refractivity contribution >= 4 is 5.78 Å². The van der Waals surface area contributed by atoms with E-state index in [4.69, 9.17) is 0 Å². The van der Waals surface area contributed by atoms with Crippen LogP contribution < -0.4 is 0 Å². The average Bonchev–Trinajstić information content (AvgIpc) is 2.32. The molecule has 3 nitrogen and oxygen atoms in total. The minimum Gasteiger partial charge on any atom is -0.384 e. The first-order valence-corrected chi connectivity index (χ1v) is 5.51. The van der Waals surface area contributed by atoms with E-state index in [9.17, 15) is 19.4 Å². The van der Waals surface area contributed by atoms with E-state index in [1.165, 1.54) is 49.4 Å². The van der Waals surface area contributed by atoms with E-state index in [2.05, 4.69) is 0 Å². The van der Waals surface area contributed by atoms with Crippen molar-refractivity contribution in [3.8, 4) is 0 Å². The molecule has 0 heterocycles. The average molecular weight is 248 g/mol. The normalized spacial score (nSPS) is 24.9. The molecule has 0 unspecified atom stereocenters. The molecule has 2 rings (SSSR count). The predicted molar refractivity (Wildman–Crippen MR) is 64.2 cm³/mol. The van der Waals surface area contributed by atoms with E-state index in [0.717, 1.165) is 0 Å². The van der Waals surface area contributed by atoms with Gasteiger partial charge in [0.15, 0.2) is 5.78 Å². The first kappa shape index (κ1) is 12.7. The van der Waals surface area contributed by atoms with Crippen molar-refractivity contribution in [2.24, 2.45) is 0 Å². The molecular formula is C14H13FO3. The summed E-state index contributed by atoms with van der Waals surface area (Å²) >= 11 is 0. The molecule has 0 radical (unpaired) electrons. The Morgan fingerprint density at radius 2 is 1.89 bits per heavy atom. The van der Waals surface area contributed by atoms with Crippen molar-refractivity contribution in [1.82, 2.24) is 0 Å². The maximum atomic E-state index is 12.8. The fraction of sp³-hybridized carbons (Fsp3) is 0.214. The second-order valence-corrected chi connectivity index (χ2v) is 4.48. The Bertz CT molecular complexity index is 526. The van der Waals surface area contributed by atoms with Gasteiger partial charge in [-0.05, 0) is 42.8 Å². The molecule has 0 fully saturated rings. The minimum absolute atomic E-state index is 0.0918. The molecule has 4 heteroatoms. The lowest BCUT2D eigenvalue weighted by Crippen LogP contribution is -2.25. The molecule has 94 valence electrons. The predicted octanol–water partition coefficient (Wildman–Crippen LogP) is 1.68. The summed E-state index contributed by atoms with van der Waals surface area (Å²) in [6.07, 6.45) is 2.72. The van der Waals surface area contributed by atoms with Gasteiger partial charge in [0.1, 0.15) is 11.9 Å². The summed E-state index contributed by atoms with van der Waals surface area (Å²) in [6.45, 7) is 1.51. The lowest BCUT2D eigenvalue weighted by Gasteiger charge is -2.23. The van der Waals surface area contributed by atoms with Gasteiger partial charge in [0, 0.05) is 5.57 Å². The largest absolute Gasteiger partial charge is 0.384 e. The number of aliphatic hydroxyl groups is 2. The maximum Gasteiger partial charge on any atom is 0.184 e. The van der Waals surface area contributed by atoms with E-state index in [1.54, 1.807) is 0 Å². The van der Waals surface area contributed by atoms with Crippen LogP contribution in [0, 0.1) is 5.82 Å². The fourth-order valence-electron chi connectivity index (χ4n) is 1.81. The highest BCUT2D eigenvalue weighted by atomic mass is 19.1. The zero-order valence-corrected chi connectivity index (χ0v) is 9.80. The molecule has 1 aliphatic carbocycles. The number of halogens is 1. The molecule has 1 aromatic carbocycles. The number of aliphatic hydroxyl groups excluding tert-OH is 1. The molecule has 1 aliphatic rings. The van der Waals surface area contributed by atoms with Crippen LogP contribution in [0.1, 0.15) is 18.6 Å². The number of carbonyl (C=O) groups is 1. The van der Waals surface area contributed by atoms with E-state index in [0.29, 0.717) is 5.56 Å². The van der Waals surface area contributed by atoms with Crippen molar-refractivity contribution in [3.63, 3.8) is 0 Å². The minimum atomic E-state index is -1.26. The molecule has 0 spiro atoms. The maximum absolute atomic E-state index is 12.8. The first-order chi connectivity index (χ1) is 8.39. The number of benzene rings is 1. The monoisotopic (exact) mass is 248 g/mol. The van der Waals surface area contributed by atoms with Crippen LogP contribution in [0.4, 0.5) is 4.39 Å². The van der Waals surface area contributed by atoms with Gasteiger partial charge in [-0.3, -0.25) is 4.79 Å². The Kier molecular flexibility index (Phi) is 3.15. The Hall–Kier alpha value is -1.78. The van der Waals surface area contributed by atoms with Crippen molar-refractivity contribution in [2.75, 3.05) is 0 Å². The van der Waals surface area contributed by atoms with Crippen LogP contribution >= 0.6 is 0 Å². The van der Waals surface area contributed by atoms with Crippen LogP contribution in [0.25, 0.3) is 0 Å². The first-order valence-electron chi connectivity index (χ1n) is 5.51. The number of hydrogen-bond donors (Lipinski definition) is 2. The van der Waals surface area contributed by atoms with Gasteiger partial charge in [0.05, 0.1) is 5.60 Å². The van der Waals surface area contributed by atoms with E-state index in [-0.39, 0.29) is 11.4 Å². The third kappa shape index (κ3) is 2.55. The molecule has 0 aromatic heterocycles. The van der Waals surface area contributed by atoms with Crippen molar-refractivity contribution in [3.05, 3.63) is 59.4 Å². The Morgan fingerprint density at radius 1 is 1.28 bits per heavy atom. The third-order valence-corrected chi connectivity index (χ3v) is 2.78. The SMILES string of the molecule is C[C@]1(O)C=CC(=O)C([C@H](O)c2ccc(F)cc2)=C1. The molecule has 2 N–H and O–H groups in total. The Morgan fingerprint density at radius 3 is 2.50 bits per heavy atom. The Labute approximate surface area is 104 Å². The summed E-state index contributed by atoms with van der Waals surface area (Å²) in [5.74, 6) is -0.778. The fourth-order valence-corrected chi connectivity index (χ4v) is 1.81. The van der Waals surface area contributed by atoms with E-state index < -0.39 is 17.5 Å².